The fraction of sp³-hybridized carbons (Fsp3) is 0.385. The van der Waals surface area contributed by atoms with E-state index >= 15 is 0 Å². The molecule has 2 aromatic rings. The van der Waals surface area contributed by atoms with Crippen LogP contribution < -0.4 is 14.4 Å². The van der Waals surface area contributed by atoms with Crippen molar-refractivity contribution in [3.8, 4) is 11.5 Å². The molecule has 0 saturated heterocycles. The Morgan fingerprint density at radius 3 is 2.80 bits per heavy atom. The number of likely N-dealkylation sites (N-methyl/N-ethyl adjacent to an activating group) is 1. The molecule has 0 bridgehead atoms. The standard InChI is InChI=1S/C13H15N3O4/c1-16(7-12(17)18-2)13-14-8-5-10-11(6-9(8)15-13)20-4-3-19-10/h5-6H,3-4,7H2,1-2H3,(H,14,15). The third-order valence-electron chi connectivity index (χ3n) is 3.09. The van der Waals surface area contributed by atoms with Crippen molar-refractivity contribution in [2.45, 2.75) is 0 Å². The van der Waals surface area contributed by atoms with Gasteiger partial charge in [-0.3, -0.25) is 4.79 Å². The molecule has 20 heavy (non-hydrogen) atoms. The molecule has 0 radical (unpaired) electrons. The van der Waals surface area contributed by atoms with Gasteiger partial charge in [-0.05, 0) is 0 Å². The first-order chi connectivity index (χ1) is 9.67. The van der Waals surface area contributed by atoms with Crippen LogP contribution in [0, 0.1) is 0 Å². The molecule has 1 aliphatic heterocycles. The lowest BCUT2D eigenvalue weighted by Crippen LogP contribution is -2.27. The van der Waals surface area contributed by atoms with Gasteiger partial charge in [0.05, 0.1) is 18.1 Å². The molecule has 2 heterocycles. The molecule has 1 aromatic carbocycles. The number of imidazole rings is 1. The summed E-state index contributed by atoms with van der Waals surface area (Å²) < 4.78 is 15.7. The predicted molar refractivity (Wildman–Crippen MR) is 72.4 cm³/mol. The molecule has 0 fully saturated rings. The number of H-pyrrole nitrogens is 1. The molecular weight excluding hydrogens is 262 g/mol. The summed E-state index contributed by atoms with van der Waals surface area (Å²) in [5.74, 6) is 1.67. The Bertz CT molecular complexity index is 609. The third-order valence-corrected chi connectivity index (χ3v) is 3.09. The Kier molecular flexibility index (Phi) is 3.09. The van der Waals surface area contributed by atoms with Crippen LogP contribution in [-0.2, 0) is 9.53 Å². The van der Waals surface area contributed by atoms with Crippen LogP contribution in [0.3, 0.4) is 0 Å². The Labute approximate surface area is 115 Å². The molecule has 1 aromatic heterocycles. The summed E-state index contributed by atoms with van der Waals surface area (Å²) in [5.41, 5.74) is 1.60. The number of anilines is 1. The zero-order valence-electron chi connectivity index (χ0n) is 11.3. The number of aromatic nitrogens is 2. The van der Waals surface area contributed by atoms with E-state index < -0.39 is 0 Å². The monoisotopic (exact) mass is 277 g/mol. The minimum atomic E-state index is -0.320. The van der Waals surface area contributed by atoms with Crippen molar-refractivity contribution in [1.29, 1.82) is 0 Å². The van der Waals surface area contributed by atoms with E-state index in [2.05, 4.69) is 14.7 Å². The number of hydrogen-bond acceptors (Lipinski definition) is 6. The molecule has 106 valence electrons. The zero-order valence-corrected chi connectivity index (χ0v) is 11.3. The maximum absolute atomic E-state index is 11.3. The molecule has 0 amide bonds. The van der Waals surface area contributed by atoms with Crippen LogP contribution in [0.4, 0.5) is 5.95 Å². The summed E-state index contributed by atoms with van der Waals surface area (Å²) in [4.78, 5) is 20.5. The fourth-order valence-electron chi connectivity index (χ4n) is 2.05. The molecule has 0 unspecified atom stereocenters. The van der Waals surface area contributed by atoms with E-state index in [9.17, 15) is 4.79 Å². The molecule has 0 aliphatic carbocycles. The van der Waals surface area contributed by atoms with Gasteiger partial charge in [0.2, 0.25) is 5.95 Å². The van der Waals surface area contributed by atoms with Gasteiger partial charge in [-0.2, -0.15) is 0 Å². The molecule has 1 N–H and O–H groups in total. The third kappa shape index (κ3) is 2.22. The quantitative estimate of drug-likeness (QED) is 0.841. The van der Waals surface area contributed by atoms with Crippen LogP contribution in [0.5, 0.6) is 11.5 Å². The van der Waals surface area contributed by atoms with E-state index in [4.69, 9.17) is 9.47 Å². The van der Waals surface area contributed by atoms with Gasteiger partial charge >= 0.3 is 5.97 Å². The molecule has 1 aliphatic rings. The molecule has 0 atom stereocenters. The van der Waals surface area contributed by atoms with Crippen LogP contribution in [-0.4, -0.2) is 49.9 Å². The summed E-state index contributed by atoms with van der Waals surface area (Å²) >= 11 is 0. The van der Waals surface area contributed by atoms with Crippen molar-refractivity contribution in [2.75, 3.05) is 38.8 Å². The highest BCUT2D eigenvalue weighted by Gasteiger charge is 2.16. The maximum Gasteiger partial charge on any atom is 0.325 e. The molecule has 0 saturated carbocycles. The second-order valence-electron chi connectivity index (χ2n) is 4.51. The van der Waals surface area contributed by atoms with Crippen molar-refractivity contribution in [3.05, 3.63) is 12.1 Å². The van der Waals surface area contributed by atoms with E-state index in [1.807, 2.05) is 12.1 Å². The Morgan fingerprint density at radius 2 is 2.10 bits per heavy atom. The van der Waals surface area contributed by atoms with Crippen molar-refractivity contribution in [2.24, 2.45) is 0 Å². The van der Waals surface area contributed by atoms with E-state index in [1.165, 1.54) is 7.11 Å². The van der Waals surface area contributed by atoms with Crippen LogP contribution in [0.25, 0.3) is 11.0 Å². The van der Waals surface area contributed by atoms with Gasteiger partial charge in [0, 0.05) is 19.2 Å². The molecule has 7 heteroatoms. The highest BCUT2D eigenvalue weighted by atomic mass is 16.6. The number of rotatable bonds is 3. The molecule has 3 rings (SSSR count). The highest BCUT2D eigenvalue weighted by Crippen LogP contribution is 2.34. The molecular formula is C13H15N3O4. The van der Waals surface area contributed by atoms with Crippen LogP contribution in [0.15, 0.2) is 12.1 Å². The molecule has 0 spiro atoms. The number of nitrogens with zero attached hydrogens (tertiary/aromatic N) is 2. The molecule has 7 nitrogen and oxygen atoms in total. The Balaban J connectivity index is 1.92. The lowest BCUT2D eigenvalue weighted by Gasteiger charge is -2.17. The number of benzene rings is 1. The number of esters is 1. The zero-order chi connectivity index (χ0) is 14.1. The van der Waals surface area contributed by atoms with Gasteiger partial charge in [0.15, 0.2) is 11.5 Å². The number of fused-ring (bicyclic) bond motifs is 2. The summed E-state index contributed by atoms with van der Waals surface area (Å²) in [5, 5.41) is 0. The average Bonchev–Trinajstić information content (AvgIpc) is 2.87. The second-order valence-corrected chi connectivity index (χ2v) is 4.51. The number of aromatic amines is 1. The number of ether oxygens (including phenoxy) is 3. The number of carbonyl (C=O) groups is 1. The van der Waals surface area contributed by atoms with Crippen LogP contribution in [0.1, 0.15) is 0 Å². The Morgan fingerprint density at radius 1 is 1.40 bits per heavy atom. The van der Waals surface area contributed by atoms with E-state index in [0.29, 0.717) is 30.7 Å². The van der Waals surface area contributed by atoms with Gasteiger partial charge in [-0.25, -0.2) is 4.98 Å². The SMILES string of the molecule is COC(=O)CN(C)c1nc2cc3c(cc2[nH]1)OCCO3. The summed E-state index contributed by atoms with van der Waals surface area (Å²) in [6.07, 6.45) is 0. The fourth-order valence-corrected chi connectivity index (χ4v) is 2.05. The number of nitrogens with one attached hydrogen (secondary N) is 1. The topological polar surface area (TPSA) is 76.7 Å². The summed E-state index contributed by atoms with van der Waals surface area (Å²) in [7, 11) is 3.12. The van der Waals surface area contributed by atoms with Crippen molar-refractivity contribution < 1.29 is 19.0 Å². The average molecular weight is 277 g/mol. The summed E-state index contributed by atoms with van der Waals surface area (Å²) in [6, 6.07) is 3.68. The van der Waals surface area contributed by atoms with Crippen molar-refractivity contribution in [3.63, 3.8) is 0 Å². The van der Waals surface area contributed by atoms with Gasteiger partial charge in [0.1, 0.15) is 19.8 Å². The van der Waals surface area contributed by atoms with Gasteiger partial charge in [0.25, 0.3) is 0 Å². The van der Waals surface area contributed by atoms with Crippen molar-refractivity contribution in [1.82, 2.24) is 9.97 Å². The van der Waals surface area contributed by atoms with Crippen LogP contribution in [0.2, 0.25) is 0 Å². The van der Waals surface area contributed by atoms with E-state index in [-0.39, 0.29) is 12.5 Å². The number of methoxy groups -OCH3 is 1. The Hall–Kier alpha value is -2.44. The maximum atomic E-state index is 11.3. The first-order valence-corrected chi connectivity index (χ1v) is 6.24. The first-order valence-electron chi connectivity index (χ1n) is 6.24. The normalized spacial score (nSPS) is 13.3. The van der Waals surface area contributed by atoms with E-state index in [0.717, 1.165) is 11.0 Å². The smallest absolute Gasteiger partial charge is 0.325 e. The largest absolute Gasteiger partial charge is 0.486 e. The van der Waals surface area contributed by atoms with Crippen LogP contribution >= 0.6 is 0 Å². The first kappa shape index (κ1) is 12.6. The van der Waals surface area contributed by atoms with E-state index in [1.54, 1.807) is 11.9 Å². The number of hydrogen-bond donors (Lipinski definition) is 1. The van der Waals surface area contributed by atoms with Gasteiger partial charge in [-0.1, -0.05) is 0 Å². The van der Waals surface area contributed by atoms with Gasteiger partial charge in [-0.15, -0.1) is 0 Å². The number of carbonyl (C=O) groups excluding carboxylic acids is 1. The highest BCUT2D eigenvalue weighted by molar-refractivity contribution is 5.83. The predicted octanol–water partition coefficient (Wildman–Crippen LogP) is 0.943. The second kappa shape index (κ2) is 4.92. The lowest BCUT2D eigenvalue weighted by atomic mass is 10.2. The van der Waals surface area contributed by atoms with Gasteiger partial charge < -0.3 is 24.1 Å². The minimum absolute atomic E-state index is 0.128. The lowest BCUT2D eigenvalue weighted by molar-refractivity contribution is -0.138. The van der Waals surface area contributed by atoms with Crippen molar-refractivity contribution >= 4 is 23.0 Å². The summed E-state index contributed by atoms with van der Waals surface area (Å²) in [6.45, 7) is 1.21. The minimum Gasteiger partial charge on any atom is -0.486 e.